The number of non-ortho nitro benzene ring substituents is 2. The summed E-state index contributed by atoms with van der Waals surface area (Å²) in [4.78, 5) is 45.9. The average Bonchev–Trinajstić information content (AvgIpc) is 3.26. The number of halogens is 3. The maximum atomic E-state index is 13.9. The van der Waals surface area contributed by atoms with Crippen molar-refractivity contribution in [2.45, 2.75) is 84.0 Å². The molecule has 0 saturated heterocycles. The van der Waals surface area contributed by atoms with Crippen LogP contribution in [0.25, 0.3) is 0 Å². The number of rotatable bonds is 20. The molecule has 0 aliphatic carbocycles. The Kier molecular flexibility index (Phi) is 21.6. The zero-order valence-electron chi connectivity index (χ0n) is 33.8. The van der Waals surface area contributed by atoms with E-state index in [4.69, 9.17) is 5.11 Å². The molecule has 0 aromatic heterocycles. The highest BCUT2D eigenvalue weighted by Crippen LogP contribution is 2.37. The van der Waals surface area contributed by atoms with Crippen molar-refractivity contribution >= 4 is 47.3 Å². The predicted octanol–water partition coefficient (Wildman–Crippen LogP) is 11.2. The van der Waals surface area contributed by atoms with Gasteiger partial charge >= 0.3 is 0 Å². The molecule has 0 amide bonds. The van der Waals surface area contributed by atoms with Gasteiger partial charge in [-0.1, -0.05) is 77.6 Å². The van der Waals surface area contributed by atoms with Crippen LogP contribution >= 0.6 is 24.4 Å². The van der Waals surface area contributed by atoms with Gasteiger partial charge in [-0.25, -0.2) is 13.2 Å². The summed E-state index contributed by atoms with van der Waals surface area (Å²) in [6, 6.07) is 16.8. The van der Waals surface area contributed by atoms with Gasteiger partial charge in [0.05, 0.1) is 15.4 Å². The lowest BCUT2D eigenvalue weighted by molar-refractivity contribution is -0.385. The fourth-order valence-electron chi connectivity index (χ4n) is 5.84. The fourth-order valence-corrected chi connectivity index (χ4v) is 7.69. The highest BCUT2D eigenvalue weighted by atomic mass is 32.2. The van der Waals surface area contributed by atoms with E-state index < -0.39 is 44.4 Å². The fraction of sp³-hybridized carbons (Fsp3) is 0.409. The predicted molar refractivity (Wildman–Crippen MR) is 229 cm³/mol. The van der Waals surface area contributed by atoms with Crippen LogP contribution in [0.2, 0.25) is 0 Å². The first-order valence-corrected chi connectivity index (χ1v) is 21.0. The van der Waals surface area contributed by atoms with Gasteiger partial charge in [-0.15, -0.1) is 11.8 Å². The third kappa shape index (κ3) is 15.2. The molecule has 4 aromatic carbocycles. The van der Waals surface area contributed by atoms with Gasteiger partial charge in [-0.2, -0.15) is 12.6 Å². The Balaban J connectivity index is 0.000000342. The summed E-state index contributed by atoms with van der Waals surface area (Å²) in [5.41, 5.74) is -0.858. The minimum Gasteiger partial charge on any atom is -0.396 e. The highest BCUT2D eigenvalue weighted by Gasteiger charge is 2.28. The number of benzene rings is 4. The summed E-state index contributed by atoms with van der Waals surface area (Å²) in [5, 5.41) is 40.7. The lowest BCUT2D eigenvalue weighted by Gasteiger charge is -2.30. The van der Waals surface area contributed by atoms with Crippen LogP contribution in [0.15, 0.2) is 89.8 Å². The number of nitro groups is 2. The molecule has 0 heterocycles. The van der Waals surface area contributed by atoms with Crippen molar-refractivity contribution < 1.29 is 42.8 Å². The number of carbonyl (C=O) groups excluding carboxylic acids is 2. The molecule has 0 spiro atoms. The van der Waals surface area contributed by atoms with Crippen LogP contribution in [-0.2, 0) is 0 Å². The maximum absolute atomic E-state index is 13.9. The monoisotopic (exact) mass is 858 g/mol. The average molecular weight is 859 g/mol. The van der Waals surface area contributed by atoms with E-state index in [2.05, 4.69) is 33.4 Å². The zero-order chi connectivity index (χ0) is 44.2. The van der Waals surface area contributed by atoms with Crippen LogP contribution in [-0.4, -0.2) is 56.3 Å². The molecule has 59 heavy (non-hydrogen) atoms. The van der Waals surface area contributed by atoms with E-state index in [1.54, 1.807) is 6.07 Å². The molecule has 0 saturated carbocycles. The lowest BCUT2D eigenvalue weighted by Crippen LogP contribution is -2.27. The Hall–Kier alpha value is -4.57. The number of unbranched alkanes of at least 4 members (excludes halogenated alkanes) is 2. The SMILES string of the molecule is CCCC[C@@](CC)(CO)CS.CCCC[C@@](CC)(CO)CSc1ccc(F)cc1C(=O)c1cccc([N+](=O)[O-])c1.O=C(c1cccc([N+](=O)[O-])c1)c1cc(F)ccc1F. The van der Waals surface area contributed by atoms with Gasteiger partial charge in [-0.3, -0.25) is 29.8 Å². The zero-order valence-corrected chi connectivity index (χ0v) is 35.5. The minimum atomic E-state index is -0.877. The largest absolute Gasteiger partial charge is 0.396 e. The van der Waals surface area contributed by atoms with E-state index in [-0.39, 0.29) is 52.1 Å². The Morgan fingerprint density at radius 3 is 1.58 bits per heavy atom. The van der Waals surface area contributed by atoms with Gasteiger partial charge < -0.3 is 10.2 Å². The topological polar surface area (TPSA) is 161 Å². The number of aliphatic hydroxyl groups excluding tert-OH is 2. The molecule has 4 rings (SSSR count). The third-order valence-electron chi connectivity index (χ3n) is 10.2. The molecule has 15 heteroatoms. The van der Waals surface area contributed by atoms with E-state index in [9.17, 15) is 48.1 Å². The van der Waals surface area contributed by atoms with Gasteiger partial charge in [-0.05, 0) is 67.8 Å². The Bertz CT molecular complexity index is 2000. The number of nitrogens with zero attached hydrogens (tertiary/aromatic N) is 2. The molecule has 320 valence electrons. The number of thiol groups is 1. The number of thioether (sulfide) groups is 1. The summed E-state index contributed by atoms with van der Waals surface area (Å²) in [6.45, 7) is 8.77. The number of carbonyl (C=O) groups is 2. The molecule has 0 bridgehead atoms. The summed E-state index contributed by atoms with van der Waals surface area (Å²) in [6.07, 6.45) is 8.25. The normalized spacial score (nSPS) is 12.8. The molecule has 0 aliphatic heterocycles. The van der Waals surface area contributed by atoms with Crippen molar-refractivity contribution in [1.82, 2.24) is 0 Å². The van der Waals surface area contributed by atoms with Gasteiger partial charge in [0.1, 0.15) is 17.5 Å². The van der Waals surface area contributed by atoms with Crippen LogP contribution in [0.4, 0.5) is 24.5 Å². The molecule has 0 unspecified atom stereocenters. The van der Waals surface area contributed by atoms with Crippen LogP contribution in [0, 0.1) is 48.5 Å². The Morgan fingerprint density at radius 2 is 1.14 bits per heavy atom. The van der Waals surface area contributed by atoms with Crippen molar-refractivity contribution in [1.29, 1.82) is 0 Å². The molecular formula is C44H53F3N2O8S2. The standard InChI is InChI=1S/C22H26FNO4S.C13H7F2NO3.C9H20OS/c1-3-5-11-22(4-2,14-25)15-29-20-10-9-17(23)13-19(20)21(26)16-7-6-8-18(12-16)24(27)28;14-9-4-5-12(15)11(7-9)13(17)8-2-1-3-10(6-8)16(18)19;1-3-5-6-9(4-2,7-10)8-11/h6-10,12-13,25H,3-5,11,14-15H2,1-2H3;1-7H;10-11H,3-8H2,1-2H3/t22-;;9-/m0.0/s1. The van der Waals surface area contributed by atoms with Crippen molar-refractivity contribution in [3.8, 4) is 0 Å². The Labute approximate surface area is 353 Å². The second-order valence-corrected chi connectivity index (χ2v) is 15.5. The molecule has 0 aliphatic rings. The third-order valence-corrected chi connectivity index (χ3v) is 12.3. The molecule has 0 fully saturated rings. The highest BCUT2D eigenvalue weighted by molar-refractivity contribution is 7.99. The van der Waals surface area contributed by atoms with Crippen molar-refractivity contribution in [3.63, 3.8) is 0 Å². The van der Waals surface area contributed by atoms with Crippen molar-refractivity contribution in [2.24, 2.45) is 10.8 Å². The lowest BCUT2D eigenvalue weighted by atomic mass is 9.83. The van der Waals surface area contributed by atoms with E-state index >= 15 is 0 Å². The maximum Gasteiger partial charge on any atom is 0.270 e. The second-order valence-electron chi connectivity index (χ2n) is 14.2. The Morgan fingerprint density at radius 1 is 0.678 bits per heavy atom. The second kappa shape index (κ2) is 25.1. The van der Waals surface area contributed by atoms with Crippen LogP contribution in [0.5, 0.6) is 0 Å². The van der Waals surface area contributed by atoms with Gasteiger partial charge in [0, 0.05) is 75.6 Å². The number of nitro benzene ring substituents is 2. The number of aliphatic hydroxyl groups is 2. The summed E-state index contributed by atoms with van der Waals surface area (Å²) >= 11 is 5.69. The number of ketones is 2. The van der Waals surface area contributed by atoms with Crippen LogP contribution in [0.1, 0.15) is 111 Å². The molecular weight excluding hydrogens is 806 g/mol. The first-order chi connectivity index (χ1) is 28.1. The van der Waals surface area contributed by atoms with Gasteiger partial charge in [0.15, 0.2) is 11.6 Å². The number of hydrogen-bond donors (Lipinski definition) is 3. The number of hydrogen-bond acceptors (Lipinski definition) is 10. The quantitative estimate of drug-likeness (QED) is 0.0258. The summed E-state index contributed by atoms with van der Waals surface area (Å²) in [7, 11) is 0. The van der Waals surface area contributed by atoms with Crippen molar-refractivity contribution in [2.75, 3.05) is 24.7 Å². The molecule has 2 N–H and O–H groups in total. The van der Waals surface area contributed by atoms with Crippen molar-refractivity contribution in [3.05, 3.63) is 145 Å². The first-order valence-electron chi connectivity index (χ1n) is 19.4. The first kappa shape index (κ1) is 50.6. The van der Waals surface area contributed by atoms with Crippen LogP contribution < -0.4 is 0 Å². The molecule has 4 aromatic rings. The van der Waals surface area contributed by atoms with Gasteiger partial charge in [0.25, 0.3) is 11.4 Å². The molecule has 0 radical (unpaired) electrons. The molecule has 2 atom stereocenters. The van der Waals surface area contributed by atoms with E-state index in [1.165, 1.54) is 79.2 Å². The smallest absolute Gasteiger partial charge is 0.270 e. The summed E-state index contributed by atoms with van der Waals surface area (Å²) in [5.74, 6) is -2.04. The molecule has 10 nitrogen and oxygen atoms in total. The van der Waals surface area contributed by atoms with E-state index in [1.807, 2.05) is 6.92 Å². The van der Waals surface area contributed by atoms with E-state index in [0.717, 1.165) is 68.5 Å². The van der Waals surface area contributed by atoms with Gasteiger partial charge in [0.2, 0.25) is 0 Å². The minimum absolute atomic E-state index is 0.0475. The summed E-state index contributed by atoms with van der Waals surface area (Å²) < 4.78 is 40.3. The van der Waals surface area contributed by atoms with E-state index in [0.29, 0.717) is 10.6 Å². The van der Waals surface area contributed by atoms with Crippen LogP contribution in [0.3, 0.4) is 0 Å².